The first-order chi connectivity index (χ1) is 10.9. The Morgan fingerprint density at radius 2 is 1.45 bits per heavy atom. The van der Waals surface area contributed by atoms with E-state index in [-0.39, 0.29) is 0 Å². The minimum absolute atomic E-state index is 0.776. The van der Waals surface area contributed by atoms with Crippen molar-refractivity contribution in [1.82, 2.24) is 0 Å². The number of ether oxygens (including phenoxy) is 1. The van der Waals surface area contributed by atoms with Gasteiger partial charge in [0.15, 0.2) is 0 Å². The molecule has 0 saturated carbocycles. The van der Waals surface area contributed by atoms with E-state index in [4.69, 9.17) is 4.74 Å². The summed E-state index contributed by atoms with van der Waals surface area (Å²) in [5.41, 5.74) is 1.34. The van der Waals surface area contributed by atoms with Gasteiger partial charge in [0.2, 0.25) is 0 Å². The summed E-state index contributed by atoms with van der Waals surface area (Å²) in [6.45, 7) is 3.05. The van der Waals surface area contributed by atoms with Gasteiger partial charge in [-0.2, -0.15) is 0 Å². The van der Waals surface area contributed by atoms with Crippen molar-refractivity contribution in [1.29, 1.82) is 0 Å². The van der Waals surface area contributed by atoms with Gasteiger partial charge in [-0.3, -0.25) is 0 Å². The Kier molecular flexibility index (Phi) is 12.6. The van der Waals surface area contributed by atoms with Gasteiger partial charge < -0.3 is 4.74 Å². The molecule has 0 fully saturated rings. The van der Waals surface area contributed by atoms with Gasteiger partial charge in [0.1, 0.15) is 0 Å². The summed E-state index contributed by atoms with van der Waals surface area (Å²) >= 11 is 0. The molecular weight excluding hydrogens is 268 g/mol. The number of hydrogen-bond donors (Lipinski definition) is 0. The summed E-state index contributed by atoms with van der Waals surface area (Å²) in [7, 11) is 0. The Balaban J connectivity index is 1.80. The smallest absolute Gasteiger partial charge is 0.0913 e. The van der Waals surface area contributed by atoms with Gasteiger partial charge in [0, 0.05) is 6.42 Å². The minimum Gasteiger partial charge on any atom is -0.501 e. The Morgan fingerprint density at radius 3 is 2.14 bits per heavy atom. The molecule has 1 aromatic carbocycles. The van der Waals surface area contributed by atoms with Crippen LogP contribution in [0.3, 0.4) is 0 Å². The van der Waals surface area contributed by atoms with Gasteiger partial charge in [-0.25, -0.2) is 0 Å². The molecule has 0 radical (unpaired) electrons. The molecule has 0 N–H and O–H groups in total. The van der Waals surface area contributed by atoms with Gasteiger partial charge in [-0.05, 0) is 24.5 Å². The van der Waals surface area contributed by atoms with Crippen molar-refractivity contribution in [2.75, 3.05) is 6.61 Å². The van der Waals surface area contributed by atoms with Crippen LogP contribution in [0.15, 0.2) is 42.7 Å². The lowest BCUT2D eigenvalue weighted by molar-refractivity contribution is 0.252. The van der Waals surface area contributed by atoms with E-state index < -0.39 is 0 Å². The zero-order valence-electron chi connectivity index (χ0n) is 14.4. The van der Waals surface area contributed by atoms with Crippen LogP contribution in [0.5, 0.6) is 0 Å². The lowest BCUT2D eigenvalue weighted by Gasteiger charge is -2.02. The SMILES string of the molecule is CCCCCCCCCCCC=COCCc1ccccc1. The topological polar surface area (TPSA) is 9.23 Å². The highest BCUT2D eigenvalue weighted by Gasteiger charge is 1.92. The first-order valence-corrected chi connectivity index (χ1v) is 9.24. The van der Waals surface area contributed by atoms with E-state index in [9.17, 15) is 0 Å². The van der Waals surface area contributed by atoms with Crippen LogP contribution in [0.25, 0.3) is 0 Å². The van der Waals surface area contributed by atoms with Crippen molar-refractivity contribution < 1.29 is 4.74 Å². The molecular formula is C21H34O. The first-order valence-electron chi connectivity index (χ1n) is 9.24. The molecule has 0 aliphatic carbocycles. The summed E-state index contributed by atoms with van der Waals surface area (Å²) in [4.78, 5) is 0. The molecule has 0 aliphatic rings. The van der Waals surface area contributed by atoms with E-state index in [0.29, 0.717) is 0 Å². The lowest BCUT2D eigenvalue weighted by Crippen LogP contribution is -1.93. The van der Waals surface area contributed by atoms with Crippen LogP contribution >= 0.6 is 0 Å². The fourth-order valence-electron chi connectivity index (χ4n) is 2.60. The van der Waals surface area contributed by atoms with Crippen LogP contribution in [0.1, 0.15) is 76.7 Å². The molecule has 22 heavy (non-hydrogen) atoms. The Labute approximate surface area is 137 Å². The van der Waals surface area contributed by atoms with Gasteiger partial charge in [-0.15, -0.1) is 0 Å². The summed E-state index contributed by atoms with van der Waals surface area (Å²) in [6, 6.07) is 10.5. The Bertz CT molecular complexity index is 355. The molecule has 0 aliphatic heterocycles. The minimum atomic E-state index is 0.776. The van der Waals surface area contributed by atoms with E-state index in [1.54, 1.807) is 0 Å². The zero-order valence-corrected chi connectivity index (χ0v) is 14.4. The van der Waals surface area contributed by atoms with Crippen LogP contribution in [0.4, 0.5) is 0 Å². The monoisotopic (exact) mass is 302 g/mol. The highest BCUT2D eigenvalue weighted by atomic mass is 16.5. The van der Waals surface area contributed by atoms with Crippen molar-refractivity contribution in [2.45, 2.75) is 77.6 Å². The summed E-state index contributed by atoms with van der Waals surface area (Å²) in [6.07, 6.45) is 18.7. The van der Waals surface area contributed by atoms with Gasteiger partial charge in [0.05, 0.1) is 12.9 Å². The normalized spacial score (nSPS) is 11.1. The standard InChI is InChI=1S/C21H34O/c1-2-3-4-5-6-7-8-9-10-11-15-19-22-20-18-21-16-13-12-14-17-21/h12-17,19H,2-11,18,20H2,1H3. The van der Waals surface area contributed by atoms with Crippen LogP contribution in [-0.4, -0.2) is 6.61 Å². The fourth-order valence-corrected chi connectivity index (χ4v) is 2.60. The van der Waals surface area contributed by atoms with E-state index in [2.05, 4.69) is 43.3 Å². The van der Waals surface area contributed by atoms with Crippen molar-refractivity contribution in [3.63, 3.8) is 0 Å². The predicted octanol–water partition coefficient (Wildman–Crippen LogP) is 6.68. The molecule has 0 amide bonds. The molecule has 0 bridgehead atoms. The molecule has 0 spiro atoms. The number of rotatable bonds is 14. The van der Waals surface area contributed by atoms with Crippen molar-refractivity contribution in [3.05, 3.63) is 48.2 Å². The third kappa shape index (κ3) is 11.4. The average Bonchev–Trinajstić information content (AvgIpc) is 2.56. The predicted molar refractivity (Wildman–Crippen MR) is 97.1 cm³/mol. The van der Waals surface area contributed by atoms with Crippen molar-refractivity contribution in [3.8, 4) is 0 Å². The van der Waals surface area contributed by atoms with E-state index >= 15 is 0 Å². The van der Waals surface area contributed by atoms with Crippen molar-refractivity contribution >= 4 is 0 Å². The Hall–Kier alpha value is -1.24. The molecule has 1 rings (SSSR count). The molecule has 0 aromatic heterocycles. The van der Waals surface area contributed by atoms with Gasteiger partial charge >= 0.3 is 0 Å². The number of benzene rings is 1. The van der Waals surface area contributed by atoms with Gasteiger partial charge in [-0.1, -0.05) is 88.6 Å². The molecule has 124 valence electrons. The van der Waals surface area contributed by atoms with E-state index in [1.165, 1.54) is 63.4 Å². The van der Waals surface area contributed by atoms with Crippen LogP contribution in [-0.2, 0) is 11.2 Å². The molecule has 1 nitrogen and oxygen atoms in total. The maximum absolute atomic E-state index is 5.54. The molecule has 0 heterocycles. The fraction of sp³-hybridized carbons (Fsp3) is 0.619. The van der Waals surface area contributed by atoms with Crippen LogP contribution < -0.4 is 0 Å². The quantitative estimate of drug-likeness (QED) is 0.275. The summed E-state index contributed by atoms with van der Waals surface area (Å²) in [5.74, 6) is 0. The lowest BCUT2D eigenvalue weighted by atomic mass is 10.1. The second kappa shape index (κ2) is 14.7. The number of allylic oxidation sites excluding steroid dienone is 1. The summed E-state index contributed by atoms with van der Waals surface area (Å²) < 4.78 is 5.54. The molecule has 0 atom stereocenters. The maximum Gasteiger partial charge on any atom is 0.0913 e. The second-order valence-corrected chi connectivity index (χ2v) is 6.10. The number of unbranched alkanes of at least 4 members (excludes halogenated alkanes) is 9. The second-order valence-electron chi connectivity index (χ2n) is 6.10. The van der Waals surface area contributed by atoms with E-state index in [0.717, 1.165) is 19.4 Å². The third-order valence-corrected chi connectivity index (χ3v) is 4.02. The molecule has 0 unspecified atom stereocenters. The molecule has 1 heteroatoms. The van der Waals surface area contributed by atoms with Crippen LogP contribution in [0, 0.1) is 0 Å². The van der Waals surface area contributed by atoms with E-state index in [1.807, 2.05) is 6.26 Å². The first kappa shape index (κ1) is 18.8. The van der Waals surface area contributed by atoms with Gasteiger partial charge in [0.25, 0.3) is 0 Å². The highest BCUT2D eigenvalue weighted by Crippen LogP contribution is 2.10. The molecule has 1 aromatic rings. The highest BCUT2D eigenvalue weighted by molar-refractivity contribution is 5.14. The Morgan fingerprint density at radius 1 is 0.818 bits per heavy atom. The van der Waals surface area contributed by atoms with Crippen molar-refractivity contribution in [2.24, 2.45) is 0 Å². The third-order valence-electron chi connectivity index (χ3n) is 4.02. The average molecular weight is 303 g/mol. The molecule has 0 saturated heterocycles. The summed E-state index contributed by atoms with van der Waals surface area (Å²) in [5, 5.41) is 0. The maximum atomic E-state index is 5.54. The van der Waals surface area contributed by atoms with Crippen LogP contribution in [0.2, 0.25) is 0 Å². The number of hydrogen-bond acceptors (Lipinski definition) is 1. The zero-order chi connectivity index (χ0) is 15.7. The largest absolute Gasteiger partial charge is 0.501 e.